The lowest BCUT2D eigenvalue weighted by Gasteiger charge is -2.27. The Morgan fingerprint density at radius 1 is 1.47 bits per heavy atom. The molecule has 1 aliphatic heterocycles. The van der Waals surface area contributed by atoms with Gasteiger partial charge >= 0.3 is 0 Å². The lowest BCUT2D eigenvalue weighted by molar-refractivity contribution is 0.129. The average Bonchev–Trinajstić information content (AvgIpc) is 2.86. The molecule has 0 radical (unpaired) electrons. The van der Waals surface area contributed by atoms with E-state index in [1.165, 1.54) is 0 Å². The fourth-order valence-corrected chi connectivity index (χ4v) is 2.79. The first-order valence-electron chi connectivity index (χ1n) is 6.91. The zero-order chi connectivity index (χ0) is 13.6. The predicted octanol–water partition coefficient (Wildman–Crippen LogP) is 3.23. The van der Waals surface area contributed by atoms with Crippen molar-refractivity contribution in [1.29, 1.82) is 0 Å². The molecule has 1 N–H and O–H groups in total. The number of nitrogens with one attached hydrogen (secondary N) is 1. The van der Waals surface area contributed by atoms with Gasteiger partial charge in [0.2, 0.25) is 0 Å². The molecular formula is C15H22BrNO2. The third kappa shape index (κ3) is 4.48. The lowest BCUT2D eigenvalue weighted by atomic mass is 9.84. The van der Waals surface area contributed by atoms with Crippen LogP contribution < -0.4 is 10.1 Å². The van der Waals surface area contributed by atoms with Crippen molar-refractivity contribution in [1.82, 2.24) is 5.32 Å². The number of benzene rings is 1. The van der Waals surface area contributed by atoms with Gasteiger partial charge < -0.3 is 14.8 Å². The molecule has 1 atom stereocenters. The van der Waals surface area contributed by atoms with E-state index >= 15 is 0 Å². The van der Waals surface area contributed by atoms with Crippen LogP contribution in [0.5, 0.6) is 5.75 Å². The zero-order valence-corrected chi connectivity index (χ0v) is 13.0. The molecule has 0 saturated carbocycles. The summed E-state index contributed by atoms with van der Waals surface area (Å²) in [6, 6.07) is 7.99. The summed E-state index contributed by atoms with van der Waals surface area (Å²) in [5.74, 6) is 0.923. The molecule has 1 fully saturated rings. The summed E-state index contributed by atoms with van der Waals surface area (Å²) >= 11 is 3.46. The van der Waals surface area contributed by atoms with Gasteiger partial charge in [0, 0.05) is 23.0 Å². The highest BCUT2D eigenvalue weighted by Gasteiger charge is 2.34. The monoisotopic (exact) mass is 327 g/mol. The fraction of sp³-hybridized carbons (Fsp3) is 0.600. The lowest BCUT2D eigenvalue weighted by Crippen LogP contribution is -2.36. The predicted molar refractivity (Wildman–Crippen MR) is 80.7 cm³/mol. The van der Waals surface area contributed by atoms with Crippen molar-refractivity contribution in [2.24, 2.45) is 5.41 Å². The molecule has 0 aromatic heterocycles. The highest BCUT2D eigenvalue weighted by atomic mass is 79.9. The van der Waals surface area contributed by atoms with Gasteiger partial charge in [-0.2, -0.15) is 0 Å². The summed E-state index contributed by atoms with van der Waals surface area (Å²) in [6.45, 7) is 6.64. The Morgan fingerprint density at radius 3 is 3.05 bits per heavy atom. The van der Waals surface area contributed by atoms with Gasteiger partial charge in [0.1, 0.15) is 5.75 Å². The molecule has 0 bridgehead atoms. The number of hydrogen-bond acceptors (Lipinski definition) is 3. The van der Waals surface area contributed by atoms with Crippen LogP contribution in [0.2, 0.25) is 0 Å². The zero-order valence-electron chi connectivity index (χ0n) is 11.5. The molecule has 1 saturated heterocycles. The molecule has 0 spiro atoms. The standard InChI is InChI=1S/C15H22BrNO2/c1-2-17-11-15(6-8-18-12-15)7-9-19-14-5-3-4-13(16)10-14/h3-5,10,17H,2,6-9,11-12H2,1H3. The topological polar surface area (TPSA) is 30.5 Å². The van der Waals surface area contributed by atoms with Crippen LogP contribution in [0.4, 0.5) is 0 Å². The van der Waals surface area contributed by atoms with E-state index in [0.29, 0.717) is 0 Å². The maximum absolute atomic E-state index is 5.84. The first kappa shape index (κ1) is 14.8. The van der Waals surface area contributed by atoms with Crippen molar-refractivity contribution in [2.75, 3.05) is 32.9 Å². The molecule has 0 aliphatic carbocycles. The van der Waals surface area contributed by atoms with E-state index in [0.717, 1.165) is 56.0 Å². The maximum Gasteiger partial charge on any atom is 0.120 e. The molecule has 1 aliphatic rings. The van der Waals surface area contributed by atoms with Crippen molar-refractivity contribution in [3.8, 4) is 5.75 Å². The Bertz CT molecular complexity index is 391. The molecule has 1 aromatic rings. The van der Waals surface area contributed by atoms with Gasteiger partial charge in [-0.3, -0.25) is 0 Å². The normalized spacial score (nSPS) is 22.6. The van der Waals surface area contributed by atoms with E-state index in [1.807, 2.05) is 24.3 Å². The maximum atomic E-state index is 5.84. The highest BCUT2D eigenvalue weighted by molar-refractivity contribution is 9.10. The Hall–Kier alpha value is -0.580. The van der Waals surface area contributed by atoms with Crippen LogP contribution in [0.3, 0.4) is 0 Å². The van der Waals surface area contributed by atoms with Gasteiger partial charge in [-0.1, -0.05) is 28.9 Å². The van der Waals surface area contributed by atoms with Crippen molar-refractivity contribution < 1.29 is 9.47 Å². The summed E-state index contributed by atoms with van der Waals surface area (Å²) in [6.07, 6.45) is 2.16. The minimum absolute atomic E-state index is 0.252. The second-order valence-electron chi connectivity index (χ2n) is 5.14. The smallest absolute Gasteiger partial charge is 0.120 e. The minimum Gasteiger partial charge on any atom is -0.494 e. The SMILES string of the molecule is CCNCC1(CCOc2cccc(Br)c2)CCOC1. The van der Waals surface area contributed by atoms with Crippen molar-refractivity contribution in [3.05, 3.63) is 28.7 Å². The van der Waals surface area contributed by atoms with E-state index in [4.69, 9.17) is 9.47 Å². The van der Waals surface area contributed by atoms with Crippen LogP contribution in [0.25, 0.3) is 0 Å². The van der Waals surface area contributed by atoms with Crippen molar-refractivity contribution >= 4 is 15.9 Å². The number of ether oxygens (including phenoxy) is 2. The molecule has 1 aromatic carbocycles. The summed E-state index contributed by atoms with van der Waals surface area (Å²) in [7, 11) is 0. The molecule has 1 heterocycles. The van der Waals surface area contributed by atoms with Gasteiger partial charge in [-0.25, -0.2) is 0 Å². The molecular weight excluding hydrogens is 306 g/mol. The Balaban J connectivity index is 1.82. The minimum atomic E-state index is 0.252. The molecule has 4 heteroatoms. The van der Waals surface area contributed by atoms with Crippen molar-refractivity contribution in [3.63, 3.8) is 0 Å². The van der Waals surface area contributed by atoms with Gasteiger partial charge in [0.15, 0.2) is 0 Å². The number of hydrogen-bond donors (Lipinski definition) is 1. The summed E-state index contributed by atoms with van der Waals surface area (Å²) in [5.41, 5.74) is 0.252. The summed E-state index contributed by atoms with van der Waals surface area (Å²) in [5, 5.41) is 3.45. The van der Waals surface area contributed by atoms with Gasteiger partial charge in [0.05, 0.1) is 13.2 Å². The molecule has 0 amide bonds. The van der Waals surface area contributed by atoms with Gasteiger partial charge in [-0.15, -0.1) is 0 Å². The fourth-order valence-electron chi connectivity index (χ4n) is 2.41. The summed E-state index contributed by atoms with van der Waals surface area (Å²) < 4.78 is 12.5. The van der Waals surface area contributed by atoms with Crippen LogP contribution >= 0.6 is 15.9 Å². The molecule has 106 valence electrons. The third-order valence-electron chi connectivity index (χ3n) is 3.63. The summed E-state index contributed by atoms with van der Waals surface area (Å²) in [4.78, 5) is 0. The number of halogens is 1. The number of rotatable bonds is 7. The van der Waals surface area contributed by atoms with Gasteiger partial charge in [0.25, 0.3) is 0 Å². The van der Waals surface area contributed by atoms with Gasteiger partial charge in [-0.05, 0) is 37.6 Å². The van der Waals surface area contributed by atoms with E-state index in [1.54, 1.807) is 0 Å². The van der Waals surface area contributed by atoms with E-state index in [9.17, 15) is 0 Å². The second kappa shape index (κ2) is 7.27. The molecule has 1 unspecified atom stereocenters. The third-order valence-corrected chi connectivity index (χ3v) is 4.13. The van der Waals surface area contributed by atoms with E-state index < -0.39 is 0 Å². The molecule has 2 rings (SSSR count). The highest BCUT2D eigenvalue weighted by Crippen LogP contribution is 2.32. The Morgan fingerprint density at radius 2 is 2.37 bits per heavy atom. The van der Waals surface area contributed by atoms with Crippen LogP contribution in [-0.2, 0) is 4.74 Å². The van der Waals surface area contributed by atoms with E-state index in [2.05, 4.69) is 28.2 Å². The molecule has 3 nitrogen and oxygen atoms in total. The van der Waals surface area contributed by atoms with Crippen LogP contribution in [0.1, 0.15) is 19.8 Å². The largest absolute Gasteiger partial charge is 0.494 e. The quantitative estimate of drug-likeness (QED) is 0.834. The first-order chi connectivity index (χ1) is 9.24. The Kier molecular flexibility index (Phi) is 5.67. The van der Waals surface area contributed by atoms with Crippen LogP contribution in [0.15, 0.2) is 28.7 Å². The van der Waals surface area contributed by atoms with Crippen LogP contribution in [-0.4, -0.2) is 32.9 Å². The molecule has 19 heavy (non-hydrogen) atoms. The first-order valence-corrected chi connectivity index (χ1v) is 7.70. The van der Waals surface area contributed by atoms with E-state index in [-0.39, 0.29) is 5.41 Å². The second-order valence-corrected chi connectivity index (χ2v) is 6.05. The average molecular weight is 328 g/mol. The van der Waals surface area contributed by atoms with Crippen LogP contribution in [0, 0.1) is 5.41 Å². The Labute approximate surface area is 123 Å². The van der Waals surface area contributed by atoms with Crippen molar-refractivity contribution in [2.45, 2.75) is 19.8 Å².